The zero-order valence-electron chi connectivity index (χ0n) is 18.5. The van der Waals surface area contributed by atoms with Crippen LogP contribution in [0.3, 0.4) is 0 Å². The van der Waals surface area contributed by atoms with Gasteiger partial charge in [-0.1, -0.05) is 42.5 Å². The number of rotatable bonds is 10. The van der Waals surface area contributed by atoms with Crippen LogP contribution in [0.4, 0.5) is 0 Å². The minimum Gasteiger partial charge on any atom is -0.374 e. The van der Waals surface area contributed by atoms with Crippen LogP contribution < -0.4 is 10.6 Å². The lowest BCUT2D eigenvalue weighted by Gasteiger charge is -2.15. The van der Waals surface area contributed by atoms with Gasteiger partial charge in [-0.3, -0.25) is 4.99 Å². The Balaban J connectivity index is 0.00000480. The van der Waals surface area contributed by atoms with Gasteiger partial charge >= 0.3 is 0 Å². The van der Waals surface area contributed by atoms with Crippen molar-refractivity contribution < 1.29 is 13.2 Å². The van der Waals surface area contributed by atoms with E-state index >= 15 is 0 Å². The SMILES string of the molecule is CN=C(NCCCOC(C)c1ccccc1)NCc1ccc(S(=O)(=O)N(C)C)cc1.I. The number of nitrogens with zero attached hydrogens (tertiary/aromatic N) is 2. The Morgan fingerprint density at radius 1 is 1.06 bits per heavy atom. The zero-order valence-corrected chi connectivity index (χ0v) is 21.7. The average Bonchev–Trinajstić information content (AvgIpc) is 2.76. The molecule has 0 saturated carbocycles. The van der Waals surface area contributed by atoms with E-state index in [0.717, 1.165) is 18.5 Å². The number of halogens is 1. The molecule has 9 heteroatoms. The van der Waals surface area contributed by atoms with E-state index in [1.165, 1.54) is 24.0 Å². The van der Waals surface area contributed by atoms with Crippen molar-refractivity contribution in [3.8, 4) is 0 Å². The molecule has 0 saturated heterocycles. The summed E-state index contributed by atoms with van der Waals surface area (Å²) in [5, 5.41) is 6.49. The fourth-order valence-corrected chi connectivity index (χ4v) is 3.66. The molecule has 0 heterocycles. The largest absolute Gasteiger partial charge is 0.374 e. The highest BCUT2D eigenvalue weighted by atomic mass is 127. The summed E-state index contributed by atoms with van der Waals surface area (Å²) in [6.45, 7) is 3.99. The Morgan fingerprint density at radius 2 is 1.71 bits per heavy atom. The molecule has 1 atom stereocenters. The standard InChI is InChI=1S/C22H32N4O3S.HI/c1-18(20-9-6-5-7-10-20)29-16-8-15-24-22(23-2)25-17-19-11-13-21(14-12-19)30(27,28)26(3)4;/h5-7,9-14,18H,8,15-17H2,1-4H3,(H2,23,24,25);1H. The third-order valence-electron chi connectivity index (χ3n) is 4.64. The number of sulfonamides is 1. The Labute approximate surface area is 203 Å². The third-order valence-corrected chi connectivity index (χ3v) is 6.47. The molecule has 0 aliphatic rings. The summed E-state index contributed by atoms with van der Waals surface area (Å²) < 4.78 is 31.3. The second-order valence-corrected chi connectivity index (χ2v) is 9.21. The molecule has 2 aromatic carbocycles. The lowest BCUT2D eigenvalue weighted by Crippen LogP contribution is -2.37. The van der Waals surface area contributed by atoms with Crippen molar-refractivity contribution in [2.45, 2.75) is 30.9 Å². The molecule has 0 fully saturated rings. The molecular formula is C22H33IN4O3S. The molecule has 2 N–H and O–H groups in total. The molecule has 7 nitrogen and oxygen atoms in total. The van der Waals surface area contributed by atoms with E-state index in [-0.39, 0.29) is 35.0 Å². The van der Waals surface area contributed by atoms with Crippen LogP contribution in [0.2, 0.25) is 0 Å². The minimum atomic E-state index is -3.41. The summed E-state index contributed by atoms with van der Waals surface area (Å²) in [6, 6.07) is 17.0. The van der Waals surface area contributed by atoms with Crippen LogP contribution in [-0.2, 0) is 21.3 Å². The molecule has 1 unspecified atom stereocenters. The number of aliphatic imine (C=N–C) groups is 1. The maximum absolute atomic E-state index is 12.1. The predicted octanol–water partition coefficient (Wildman–Crippen LogP) is 3.39. The molecule has 172 valence electrons. The average molecular weight is 561 g/mol. The van der Waals surface area contributed by atoms with E-state index in [4.69, 9.17) is 4.74 Å². The van der Waals surface area contributed by atoms with E-state index < -0.39 is 10.0 Å². The summed E-state index contributed by atoms with van der Waals surface area (Å²) in [6.07, 6.45) is 0.928. The van der Waals surface area contributed by atoms with Crippen LogP contribution in [0, 0.1) is 0 Å². The smallest absolute Gasteiger partial charge is 0.242 e. The molecule has 2 aromatic rings. The summed E-state index contributed by atoms with van der Waals surface area (Å²) in [5.41, 5.74) is 2.14. The van der Waals surface area contributed by atoms with Gasteiger partial charge in [0.15, 0.2) is 5.96 Å². The highest BCUT2D eigenvalue weighted by Gasteiger charge is 2.16. The van der Waals surface area contributed by atoms with Crippen LogP contribution in [0.5, 0.6) is 0 Å². The number of benzene rings is 2. The third kappa shape index (κ3) is 8.76. The van der Waals surface area contributed by atoms with Gasteiger partial charge in [-0.05, 0) is 36.6 Å². The number of nitrogens with one attached hydrogen (secondary N) is 2. The van der Waals surface area contributed by atoms with Crippen molar-refractivity contribution >= 4 is 40.0 Å². The number of guanidine groups is 1. The fourth-order valence-electron chi connectivity index (χ4n) is 2.76. The molecule has 0 spiro atoms. The van der Waals surface area contributed by atoms with Gasteiger partial charge in [-0.15, -0.1) is 24.0 Å². The van der Waals surface area contributed by atoms with Crippen molar-refractivity contribution in [3.05, 3.63) is 65.7 Å². The van der Waals surface area contributed by atoms with Crippen LogP contribution in [0.1, 0.15) is 30.6 Å². The summed E-state index contributed by atoms with van der Waals surface area (Å²) in [5.74, 6) is 0.691. The van der Waals surface area contributed by atoms with Gasteiger partial charge in [0, 0.05) is 40.8 Å². The monoisotopic (exact) mass is 560 g/mol. The predicted molar refractivity (Wildman–Crippen MR) is 136 cm³/mol. The molecule has 0 aliphatic heterocycles. The first-order valence-corrected chi connectivity index (χ1v) is 11.4. The minimum absolute atomic E-state index is 0. The molecule has 0 radical (unpaired) electrons. The van der Waals surface area contributed by atoms with Gasteiger partial charge < -0.3 is 15.4 Å². The van der Waals surface area contributed by atoms with E-state index in [2.05, 4.69) is 34.7 Å². The van der Waals surface area contributed by atoms with Gasteiger partial charge in [0.25, 0.3) is 0 Å². The van der Waals surface area contributed by atoms with Gasteiger partial charge in [0.1, 0.15) is 0 Å². The zero-order chi connectivity index (χ0) is 22.0. The quantitative estimate of drug-likeness (QED) is 0.202. The number of ether oxygens (including phenoxy) is 1. The second kappa shape index (κ2) is 13.7. The van der Waals surface area contributed by atoms with E-state index in [9.17, 15) is 8.42 Å². The maximum atomic E-state index is 12.1. The van der Waals surface area contributed by atoms with Crippen molar-refractivity contribution in [2.24, 2.45) is 4.99 Å². The Kier molecular flexibility index (Phi) is 12.1. The van der Waals surface area contributed by atoms with Gasteiger partial charge in [0.05, 0.1) is 11.0 Å². The van der Waals surface area contributed by atoms with Gasteiger partial charge in [0.2, 0.25) is 10.0 Å². The van der Waals surface area contributed by atoms with Crippen molar-refractivity contribution in [1.29, 1.82) is 0 Å². The summed E-state index contributed by atoms with van der Waals surface area (Å²) in [4.78, 5) is 4.50. The first kappa shape index (κ1) is 27.3. The van der Waals surface area contributed by atoms with E-state index in [1.54, 1.807) is 31.3 Å². The second-order valence-electron chi connectivity index (χ2n) is 7.06. The summed E-state index contributed by atoms with van der Waals surface area (Å²) in [7, 11) is 1.36. The highest BCUT2D eigenvalue weighted by Crippen LogP contribution is 2.16. The first-order valence-electron chi connectivity index (χ1n) is 9.97. The topological polar surface area (TPSA) is 83.0 Å². The Morgan fingerprint density at radius 3 is 2.29 bits per heavy atom. The maximum Gasteiger partial charge on any atom is 0.242 e. The highest BCUT2D eigenvalue weighted by molar-refractivity contribution is 14.0. The lowest BCUT2D eigenvalue weighted by molar-refractivity contribution is 0.0646. The van der Waals surface area contributed by atoms with Crippen LogP contribution >= 0.6 is 24.0 Å². The fraction of sp³-hybridized carbons (Fsp3) is 0.409. The van der Waals surface area contributed by atoms with E-state index in [1.807, 2.05) is 18.2 Å². The first-order chi connectivity index (χ1) is 14.3. The lowest BCUT2D eigenvalue weighted by atomic mass is 10.1. The van der Waals surface area contributed by atoms with Crippen LogP contribution in [0.25, 0.3) is 0 Å². The van der Waals surface area contributed by atoms with Crippen molar-refractivity contribution in [1.82, 2.24) is 14.9 Å². The number of hydrogen-bond acceptors (Lipinski definition) is 4. The Hall–Kier alpha value is -1.69. The van der Waals surface area contributed by atoms with Gasteiger partial charge in [-0.2, -0.15) is 0 Å². The molecule has 0 aromatic heterocycles. The molecule has 0 bridgehead atoms. The summed E-state index contributed by atoms with van der Waals surface area (Å²) >= 11 is 0. The molecule has 31 heavy (non-hydrogen) atoms. The van der Waals surface area contributed by atoms with Crippen molar-refractivity contribution in [2.75, 3.05) is 34.3 Å². The van der Waals surface area contributed by atoms with Crippen molar-refractivity contribution in [3.63, 3.8) is 0 Å². The van der Waals surface area contributed by atoms with Crippen LogP contribution in [0.15, 0.2) is 64.5 Å². The molecule has 0 amide bonds. The molecular weight excluding hydrogens is 527 g/mol. The van der Waals surface area contributed by atoms with Crippen LogP contribution in [-0.4, -0.2) is 53.0 Å². The van der Waals surface area contributed by atoms with E-state index in [0.29, 0.717) is 19.1 Å². The normalized spacial score (nSPS) is 12.9. The van der Waals surface area contributed by atoms with Gasteiger partial charge in [-0.25, -0.2) is 12.7 Å². The number of hydrogen-bond donors (Lipinski definition) is 2. The Bertz CT molecular complexity index is 904. The molecule has 0 aliphatic carbocycles. The molecule has 2 rings (SSSR count).